The molecule has 13 heteroatoms. The van der Waals surface area contributed by atoms with Gasteiger partial charge < -0.3 is 15.0 Å². The highest BCUT2D eigenvalue weighted by molar-refractivity contribution is 7.89. The lowest BCUT2D eigenvalue weighted by Crippen LogP contribution is -2.41. The standard InChI is InChI=1S/C30H39F3N4O5S/c1-28(2,3)36-43(41,42)25-12-11-20(15-22(25)30(31,32)33)23-16-21(26(38)35-14-13-29(4,5)27(39)40)24(17-34)37(23)18-19-9-7-6-8-10-19/h11-12,15-16,19,36H,6-10,13-14,18H2,1-5H3,(H,35,38)(H,39,40). The SMILES string of the molecule is CC(C)(C)NS(=O)(=O)c1ccc(-c2cc(C(=O)NCCC(C)(C)C(=O)O)c(C#N)n2CC2CCCCC2)cc1C(F)(F)F. The summed E-state index contributed by atoms with van der Waals surface area (Å²) in [6.45, 7) is 7.87. The monoisotopic (exact) mass is 624 g/mol. The molecule has 236 valence electrons. The number of halogens is 3. The molecular formula is C30H39F3N4O5S. The van der Waals surface area contributed by atoms with Gasteiger partial charge in [-0.1, -0.05) is 25.3 Å². The second kappa shape index (κ2) is 12.7. The van der Waals surface area contributed by atoms with Gasteiger partial charge in [0, 0.05) is 24.3 Å². The van der Waals surface area contributed by atoms with Crippen molar-refractivity contribution in [1.29, 1.82) is 5.26 Å². The molecule has 1 saturated carbocycles. The van der Waals surface area contributed by atoms with Crippen molar-refractivity contribution in [2.45, 2.75) is 96.3 Å². The largest absolute Gasteiger partial charge is 0.481 e. The second-order valence-corrected chi connectivity index (χ2v) is 14.4. The van der Waals surface area contributed by atoms with Crippen molar-refractivity contribution < 1.29 is 36.3 Å². The van der Waals surface area contributed by atoms with Gasteiger partial charge in [-0.3, -0.25) is 9.59 Å². The van der Waals surface area contributed by atoms with Gasteiger partial charge in [-0.15, -0.1) is 0 Å². The van der Waals surface area contributed by atoms with Gasteiger partial charge in [-0.25, -0.2) is 13.1 Å². The van der Waals surface area contributed by atoms with Crippen LogP contribution in [-0.4, -0.2) is 42.1 Å². The molecule has 43 heavy (non-hydrogen) atoms. The third-order valence-electron chi connectivity index (χ3n) is 7.54. The lowest BCUT2D eigenvalue weighted by atomic mass is 9.89. The zero-order chi connectivity index (χ0) is 32.4. The van der Waals surface area contributed by atoms with Crippen LogP contribution in [0.3, 0.4) is 0 Å². The van der Waals surface area contributed by atoms with E-state index in [1.165, 1.54) is 46.8 Å². The van der Waals surface area contributed by atoms with Crippen molar-refractivity contribution in [3.05, 3.63) is 41.1 Å². The molecule has 1 aromatic carbocycles. The molecule has 0 radical (unpaired) electrons. The van der Waals surface area contributed by atoms with Gasteiger partial charge in [0.1, 0.15) is 11.8 Å². The molecular weight excluding hydrogens is 585 g/mol. The number of alkyl halides is 3. The van der Waals surface area contributed by atoms with Crippen LogP contribution in [0.5, 0.6) is 0 Å². The summed E-state index contributed by atoms with van der Waals surface area (Å²) in [5.74, 6) is -1.56. The number of hydrogen-bond acceptors (Lipinski definition) is 5. The van der Waals surface area contributed by atoms with Crippen LogP contribution in [-0.2, 0) is 27.5 Å². The molecule has 0 aliphatic heterocycles. The quantitative estimate of drug-likeness (QED) is 0.299. The molecule has 0 saturated heterocycles. The molecule has 1 aliphatic rings. The van der Waals surface area contributed by atoms with Gasteiger partial charge in [0.2, 0.25) is 10.0 Å². The van der Waals surface area contributed by atoms with Crippen molar-refractivity contribution >= 4 is 21.9 Å². The number of carboxylic acid groups (broad SMARTS) is 1. The maximum absolute atomic E-state index is 14.3. The highest BCUT2D eigenvalue weighted by Crippen LogP contribution is 2.39. The zero-order valence-electron chi connectivity index (χ0n) is 25.1. The second-order valence-electron chi connectivity index (χ2n) is 12.8. The summed E-state index contributed by atoms with van der Waals surface area (Å²) in [5.41, 5.74) is -3.42. The Bertz CT molecular complexity index is 1510. The topological polar surface area (TPSA) is 141 Å². The van der Waals surface area contributed by atoms with Crippen LogP contribution in [0.15, 0.2) is 29.2 Å². The Morgan fingerprint density at radius 1 is 1.07 bits per heavy atom. The molecule has 1 aliphatic carbocycles. The fraction of sp³-hybridized carbons (Fsp3) is 0.567. The zero-order valence-corrected chi connectivity index (χ0v) is 25.9. The van der Waals surface area contributed by atoms with Crippen LogP contribution in [0.2, 0.25) is 0 Å². The molecule has 3 N–H and O–H groups in total. The first-order valence-corrected chi connectivity index (χ1v) is 15.7. The molecule has 1 amide bonds. The average molecular weight is 625 g/mol. The summed E-state index contributed by atoms with van der Waals surface area (Å²) in [4.78, 5) is 23.7. The fourth-order valence-corrected chi connectivity index (χ4v) is 6.82. The van der Waals surface area contributed by atoms with E-state index in [0.29, 0.717) is 6.54 Å². The van der Waals surface area contributed by atoms with E-state index < -0.39 is 49.5 Å². The number of carbonyl (C=O) groups is 2. The number of carbonyl (C=O) groups excluding carboxylic acids is 1. The van der Waals surface area contributed by atoms with Crippen molar-refractivity contribution in [2.75, 3.05) is 6.54 Å². The Labute approximate surface area is 250 Å². The van der Waals surface area contributed by atoms with Crippen molar-refractivity contribution in [3.8, 4) is 17.3 Å². The maximum Gasteiger partial charge on any atom is 0.417 e. The van der Waals surface area contributed by atoms with Crippen molar-refractivity contribution in [3.63, 3.8) is 0 Å². The molecule has 0 unspecified atom stereocenters. The number of aliphatic carboxylic acids is 1. The van der Waals surface area contributed by atoms with Gasteiger partial charge >= 0.3 is 12.1 Å². The van der Waals surface area contributed by atoms with Crippen LogP contribution in [0.25, 0.3) is 11.3 Å². The van der Waals surface area contributed by atoms with E-state index in [0.717, 1.165) is 44.2 Å². The van der Waals surface area contributed by atoms with E-state index >= 15 is 0 Å². The molecule has 1 aromatic heterocycles. The highest BCUT2D eigenvalue weighted by Gasteiger charge is 2.39. The normalized spacial score (nSPS) is 15.2. The molecule has 0 atom stereocenters. The van der Waals surface area contributed by atoms with Crippen molar-refractivity contribution in [1.82, 2.24) is 14.6 Å². The summed E-state index contributed by atoms with van der Waals surface area (Å²) in [6, 6.07) is 6.26. The molecule has 3 rings (SSSR count). The first kappa shape index (κ1) is 34.1. The number of benzene rings is 1. The van der Waals surface area contributed by atoms with Gasteiger partial charge in [0.15, 0.2) is 0 Å². The smallest absolute Gasteiger partial charge is 0.417 e. The number of aromatic nitrogens is 1. The predicted octanol–water partition coefficient (Wildman–Crippen LogP) is 5.93. The third-order valence-corrected chi connectivity index (χ3v) is 9.35. The summed E-state index contributed by atoms with van der Waals surface area (Å²) in [7, 11) is -4.55. The molecule has 0 spiro atoms. The Morgan fingerprint density at radius 3 is 2.23 bits per heavy atom. The number of nitriles is 1. The molecule has 1 fully saturated rings. The van der Waals surface area contributed by atoms with Crippen LogP contribution >= 0.6 is 0 Å². The van der Waals surface area contributed by atoms with Crippen LogP contribution in [0.1, 0.15) is 94.8 Å². The van der Waals surface area contributed by atoms with E-state index in [2.05, 4.69) is 10.0 Å². The van der Waals surface area contributed by atoms with Crippen LogP contribution in [0.4, 0.5) is 13.2 Å². The first-order valence-electron chi connectivity index (χ1n) is 14.2. The Kier molecular flexibility index (Phi) is 10.1. The van der Waals surface area contributed by atoms with Crippen LogP contribution < -0.4 is 10.0 Å². The predicted molar refractivity (Wildman–Crippen MR) is 155 cm³/mol. The highest BCUT2D eigenvalue weighted by atomic mass is 32.2. The third kappa shape index (κ3) is 8.38. The number of sulfonamides is 1. The van der Waals surface area contributed by atoms with E-state index in [-0.39, 0.29) is 41.4 Å². The number of amides is 1. The summed E-state index contributed by atoms with van der Waals surface area (Å²) >= 11 is 0. The summed E-state index contributed by atoms with van der Waals surface area (Å²) < 4.78 is 72.6. The van der Waals surface area contributed by atoms with Gasteiger partial charge in [0.05, 0.1) is 21.4 Å². The molecule has 9 nitrogen and oxygen atoms in total. The molecule has 0 bridgehead atoms. The van der Waals surface area contributed by atoms with Gasteiger partial charge in [-0.05, 0) is 83.6 Å². The average Bonchev–Trinajstić information content (AvgIpc) is 3.25. The molecule has 2 aromatic rings. The van der Waals surface area contributed by atoms with E-state index in [9.17, 15) is 41.5 Å². The first-order chi connectivity index (χ1) is 19.8. The van der Waals surface area contributed by atoms with E-state index in [4.69, 9.17) is 0 Å². The van der Waals surface area contributed by atoms with Gasteiger partial charge in [-0.2, -0.15) is 18.4 Å². The summed E-state index contributed by atoms with van der Waals surface area (Å²) in [6.07, 6.45) is -0.181. The summed E-state index contributed by atoms with van der Waals surface area (Å²) in [5, 5.41) is 22.1. The maximum atomic E-state index is 14.3. The number of nitrogens with zero attached hydrogens (tertiary/aromatic N) is 2. The number of carboxylic acids is 1. The number of nitrogens with one attached hydrogen (secondary N) is 2. The van der Waals surface area contributed by atoms with E-state index in [1.807, 2.05) is 6.07 Å². The lowest BCUT2D eigenvalue weighted by Gasteiger charge is -2.24. The van der Waals surface area contributed by atoms with E-state index in [1.54, 1.807) is 4.57 Å². The number of hydrogen-bond donors (Lipinski definition) is 3. The van der Waals surface area contributed by atoms with Crippen molar-refractivity contribution in [2.24, 2.45) is 11.3 Å². The Hall–Kier alpha value is -3.37. The Morgan fingerprint density at radius 2 is 1.70 bits per heavy atom. The Balaban J connectivity index is 2.14. The van der Waals surface area contributed by atoms with Gasteiger partial charge in [0.25, 0.3) is 5.91 Å². The molecule has 1 heterocycles. The van der Waals surface area contributed by atoms with Crippen LogP contribution in [0, 0.1) is 22.7 Å². The number of rotatable bonds is 10. The minimum atomic E-state index is -5.02. The minimum Gasteiger partial charge on any atom is -0.481 e. The fourth-order valence-electron chi connectivity index (χ4n) is 5.19. The lowest BCUT2D eigenvalue weighted by molar-refractivity contribution is -0.147. The minimum absolute atomic E-state index is 0.000374.